The van der Waals surface area contributed by atoms with E-state index in [-0.39, 0.29) is 0 Å². The molecule has 2 aliphatic carbocycles. The Bertz CT molecular complexity index is 773. The second kappa shape index (κ2) is 7.87. The van der Waals surface area contributed by atoms with Gasteiger partial charge in [0.25, 0.3) is 0 Å². The Morgan fingerprint density at radius 1 is 1.07 bits per heavy atom. The highest BCUT2D eigenvalue weighted by Crippen LogP contribution is 2.52. The average molecular weight is 377 g/mol. The number of amides is 1. The summed E-state index contributed by atoms with van der Waals surface area (Å²) in [5, 5.41) is 0. The van der Waals surface area contributed by atoms with Crippen molar-refractivity contribution in [1.29, 1.82) is 0 Å². The van der Waals surface area contributed by atoms with Crippen molar-refractivity contribution in [3.8, 4) is 0 Å². The predicted molar refractivity (Wildman–Crippen MR) is 113 cm³/mol. The first-order valence-electron chi connectivity index (χ1n) is 11.3. The third kappa shape index (κ3) is 3.82. The van der Waals surface area contributed by atoms with Gasteiger partial charge in [0.1, 0.15) is 0 Å². The summed E-state index contributed by atoms with van der Waals surface area (Å²) in [5.41, 5.74) is 4.28. The summed E-state index contributed by atoms with van der Waals surface area (Å²) in [6.45, 7) is 4.16. The van der Waals surface area contributed by atoms with E-state index in [2.05, 4.69) is 52.3 Å². The molecule has 0 spiro atoms. The first-order valence-corrected chi connectivity index (χ1v) is 11.3. The van der Waals surface area contributed by atoms with Crippen molar-refractivity contribution in [3.63, 3.8) is 0 Å². The SMILES string of the molecule is O=C(CCN1CCC(CCc2ccccc2)CC1)N1CCC2=C1C=CC1CC21. The quantitative estimate of drug-likeness (QED) is 0.734. The van der Waals surface area contributed by atoms with Crippen LogP contribution in [-0.4, -0.2) is 41.9 Å². The van der Waals surface area contributed by atoms with Crippen molar-refractivity contribution in [2.24, 2.45) is 17.8 Å². The van der Waals surface area contributed by atoms with E-state index < -0.39 is 0 Å². The molecule has 0 aromatic heterocycles. The first-order chi connectivity index (χ1) is 13.8. The van der Waals surface area contributed by atoms with Crippen LogP contribution in [0.5, 0.6) is 0 Å². The third-order valence-corrected chi connectivity index (χ3v) is 7.35. The summed E-state index contributed by atoms with van der Waals surface area (Å²) < 4.78 is 0. The van der Waals surface area contributed by atoms with Crippen molar-refractivity contribution in [2.75, 3.05) is 26.2 Å². The lowest BCUT2D eigenvalue weighted by Gasteiger charge is -2.32. The van der Waals surface area contributed by atoms with Crippen LogP contribution in [0.15, 0.2) is 53.8 Å². The average Bonchev–Trinajstić information content (AvgIpc) is 3.42. The van der Waals surface area contributed by atoms with Crippen LogP contribution in [0.25, 0.3) is 0 Å². The molecule has 5 rings (SSSR count). The number of aryl methyl sites for hydroxylation is 1. The van der Waals surface area contributed by atoms with Crippen LogP contribution >= 0.6 is 0 Å². The van der Waals surface area contributed by atoms with Crippen molar-refractivity contribution in [1.82, 2.24) is 9.80 Å². The zero-order valence-corrected chi connectivity index (χ0v) is 16.9. The van der Waals surface area contributed by atoms with E-state index in [0.29, 0.717) is 12.3 Å². The molecule has 1 aromatic carbocycles. The minimum atomic E-state index is 0.333. The molecule has 3 heteroatoms. The van der Waals surface area contributed by atoms with E-state index in [4.69, 9.17) is 0 Å². The normalized spacial score (nSPS) is 27.1. The standard InChI is InChI=1S/C25H32N2O/c28-25(27-17-12-22-23-18-21(23)8-9-24(22)27)13-16-26-14-10-20(11-15-26)7-6-19-4-2-1-3-5-19/h1-5,8-9,20-21,23H,6-7,10-18H2. The molecule has 2 fully saturated rings. The largest absolute Gasteiger partial charge is 0.312 e. The number of hydrogen-bond acceptors (Lipinski definition) is 2. The van der Waals surface area contributed by atoms with Gasteiger partial charge in [-0.15, -0.1) is 0 Å². The Morgan fingerprint density at radius 2 is 1.89 bits per heavy atom. The van der Waals surface area contributed by atoms with Crippen LogP contribution in [-0.2, 0) is 11.2 Å². The molecule has 2 atom stereocenters. The number of fused-ring (bicyclic) bond motifs is 2. The Kier molecular flexibility index (Phi) is 5.11. The van der Waals surface area contributed by atoms with E-state index in [1.54, 1.807) is 5.57 Å². The molecule has 2 aliphatic heterocycles. The van der Waals surface area contributed by atoms with Gasteiger partial charge in [-0.1, -0.05) is 36.4 Å². The zero-order valence-electron chi connectivity index (χ0n) is 16.9. The van der Waals surface area contributed by atoms with Gasteiger partial charge in [-0.25, -0.2) is 0 Å². The Morgan fingerprint density at radius 3 is 2.71 bits per heavy atom. The highest BCUT2D eigenvalue weighted by molar-refractivity contribution is 5.80. The molecular weight excluding hydrogens is 344 g/mol. The maximum atomic E-state index is 12.8. The summed E-state index contributed by atoms with van der Waals surface area (Å²) in [5.74, 6) is 2.74. The molecule has 0 N–H and O–H groups in total. The highest BCUT2D eigenvalue weighted by Gasteiger charge is 2.44. The number of carbonyl (C=O) groups excluding carboxylic acids is 1. The lowest BCUT2D eigenvalue weighted by molar-refractivity contribution is -0.129. The van der Waals surface area contributed by atoms with Gasteiger partial charge in [0, 0.05) is 25.2 Å². The maximum absolute atomic E-state index is 12.8. The molecule has 2 unspecified atom stereocenters. The molecule has 0 radical (unpaired) electrons. The molecule has 1 amide bonds. The monoisotopic (exact) mass is 376 g/mol. The Hall–Kier alpha value is -1.87. The number of benzene rings is 1. The van der Waals surface area contributed by atoms with E-state index in [9.17, 15) is 4.79 Å². The van der Waals surface area contributed by atoms with E-state index >= 15 is 0 Å². The summed E-state index contributed by atoms with van der Waals surface area (Å²) in [7, 11) is 0. The topological polar surface area (TPSA) is 23.6 Å². The lowest BCUT2D eigenvalue weighted by atomic mass is 9.90. The lowest BCUT2D eigenvalue weighted by Crippen LogP contribution is -2.37. The Labute approximate surface area is 169 Å². The van der Waals surface area contributed by atoms with Crippen LogP contribution < -0.4 is 0 Å². The van der Waals surface area contributed by atoms with E-state index in [1.807, 2.05) is 0 Å². The molecule has 1 saturated carbocycles. The molecule has 1 saturated heterocycles. The van der Waals surface area contributed by atoms with Gasteiger partial charge in [-0.3, -0.25) is 4.79 Å². The summed E-state index contributed by atoms with van der Waals surface area (Å²) >= 11 is 0. The fourth-order valence-corrected chi connectivity index (χ4v) is 5.43. The number of rotatable bonds is 6. The maximum Gasteiger partial charge on any atom is 0.228 e. The van der Waals surface area contributed by atoms with Crippen molar-refractivity contribution < 1.29 is 4.79 Å². The number of likely N-dealkylation sites (tertiary alicyclic amines) is 1. The van der Waals surface area contributed by atoms with Crippen molar-refractivity contribution in [2.45, 2.75) is 44.9 Å². The highest BCUT2D eigenvalue weighted by atomic mass is 16.2. The van der Waals surface area contributed by atoms with E-state index in [1.165, 1.54) is 43.4 Å². The summed E-state index contributed by atoms with van der Waals surface area (Å²) in [6, 6.07) is 10.9. The summed E-state index contributed by atoms with van der Waals surface area (Å²) in [6.07, 6.45) is 12.7. The smallest absolute Gasteiger partial charge is 0.228 e. The predicted octanol–water partition coefficient (Wildman–Crippen LogP) is 4.41. The summed E-state index contributed by atoms with van der Waals surface area (Å²) in [4.78, 5) is 17.4. The zero-order chi connectivity index (χ0) is 18.9. The molecule has 4 aliphatic rings. The Balaban J connectivity index is 1.05. The number of nitrogens with zero attached hydrogens (tertiary/aromatic N) is 2. The minimum Gasteiger partial charge on any atom is -0.312 e. The van der Waals surface area contributed by atoms with Crippen LogP contribution in [0.3, 0.4) is 0 Å². The number of hydrogen-bond donors (Lipinski definition) is 0. The van der Waals surface area contributed by atoms with Crippen LogP contribution in [0.2, 0.25) is 0 Å². The van der Waals surface area contributed by atoms with Gasteiger partial charge in [0.05, 0.1) is 0 Å². The second-order valence-electron chi connectivity index (χ2n) is 9.13. The first kappa shape index (κ1) is 18.2. The fraction of sp³-hybridized carbons (Fsp3) is 0.560. The molecule has 148 valence electrons. The molecular formula is C25H32N2O. The van der Waals surface area contributed by atoms with Crippen molar-refractivity contribution in [3.05, 3.63) is 59.3 Å². The van der Waals surface area contributed by atoms with Crippen LogP contribution in [0.1, 0.15) is 44.1 Å². The molecule has 2 heterocycles. The minimum absolute atomic E-state index is 0.333. The molecule has 3 nitrogen and oxygen atoms in total. The third-order valence-electron chi connectivity index (χ3n) is 7.35. The second-order valence-corrected chi connectivity index (χ2v) is 9.13. The van der Waals surface area contributed by atoms with E-state index in [0.717, 1.165) is 50.4 Å². The fourth-order valence-electron chi connectivity index (χ4n) is 5.43. The molecule has 1 aromatic rings. The van der Waals surface area contributed by atoms with Gasteiger partial charge in [0.2, 0.25) is 5.91 Å². The number of carbonyl (C=O) groups is 1. The van der Waals surface area contributed by atoms with Crippen molar-refractivity contribution >= 4 is 5.91 Å². The van der Waals surface area contributed by atoms with Gasteiger partial charge in [-0.05, 0) is 86.6 Å². The molecule has 0 bridgehead atoms. The van der Waals surface area contributed by atoms with Gasteiger partial charge >= 0.3 is 0 Å². The van der Waals surface area contributed by atoms with Crippen LogP contribution in [0, 0.1) is 17.8 Å². The number of piperidine rings is 1. The van der Waals surface area contributed by atoms with Gasteiger partial charge in [-0.2, -0.15) is 0 Å². The van der Waals surface area contributed by atoms with Gasteiger partial charge in [0.15, 0.2) is 0 Å². The molecule has 28 heavy (non-hydrogen) atoms. The number of allylic oxidation sites excluding steroid dienone is 2. The van der Waals surface area contributed by atoms with Crippen LogP contribution in [0.4, 0.5) is 0 Å². The van der Waals surface area contributed by atoms with Gasteiger partial charge < -0.3 is 9.80 Å².